The third kappa shape index (κ3) is 2.86. The fourth-order valence-corrected chi connectivity index (χ4v) is 3.88. The normalized spacial score (nSPS) is 19.2. The molecule has 1 aliphatic rings. The van der Waals surface area contributed by atoms with Crippen molar-refractivity contribution in [1.82, 2.24) is 4.31 Å². The summed E-state index contributed by atoms with van der Waals surface area (Å²) < 4.78 is 31.3. The number of carboxylic acids is 1. The van der Waals surface area contributed by atoms with E-state index in [1.807, 2.05) is 6.92 Å². The van der Waals surface area contributed by atoms with Crippen molar-refractivity contribution in [3.05, 3.63) is 22.7 Å². The minimum absolute atomic E-state index is 0.0282. The van der Waals surface area contributed by atoms with Crippen molar-refractivity contribution in [2.24, 2.45) is 0 Å². The van der Waals surface area contributed by atoms with Gasteiger partial charge in [0.2, 0.25) is 10.0 Å². The van der Waals surface area contributed by atoms with Gasteiger partial charge >= 0.3 is 5.97 Å². The van der Waals surface area contributed by atoms with Crippen molar-refractivity contribution in [1.29, 1.82) is 0 Å². The second-order valence-electron chi connectivity index (χ2n) is 5.06. The number of carbonyl (C=O) groups is 1. The van der Waals surface area contributed by atoms with E-state index in [4.69, 9.17) is 21.4 Å². The van der Waals surface area contributed by atoms with Crippen molar-refractivity contribution in [3.63, 3.8) is 0 Å². The van der Waals surface area contributed by atoms with Gasteiger partial charge in [-0.05, 0) is 26.0 Å². The van der Waals surface area contributed by atoms with Gasteiger partial charge in [-0.3, -0.25) is 4.79 Å². The van der Waals surface area contributed by atoms with Crippen molar-refractivity contribution in [3.8, 4) is 5.75 Å². The lowest BCUT2D eigenvalue weighted by atomic mass is 10.1. The van der Waals surface area contributed by atoms with Crippen LogP contribution in [0.5, 0.6) is 5.75 Å². The van der Waals surface area contributed by atoms with Crippen LogP contribution in [0.25, 0.3) is 0 Å². The number of benzene rings is 1. The lowest BCUT2D eigenvalue weighted by molar-refractivity contribution is -0.140. The first-order valence-electron chi connectivity index (χ1n) is 6.34. The zero-order valence-corrected chi connectivity index (χ0v) is 13.4. The molecule has 0 saturated heterocycles. The van der Waals surface area contributed by atoms with E-state index >= 15 is 0 Å². The van der Waals surface area contributed by atoms with Gasteiger partial charge in [-0.2, -0.15) is 4.31 Å². The molecule has 0 bridgehead atoms. The number of nitrogens with zero attached hydrogens (tertiary/aromatic N) is 1. The van der Waals surface area contributed by atoms with Crippen LogP contribution in [0.1, 0.15) is 19.4 Å². The number of fused-ring (bicyclic) bond motifs is 1. The van der Waals surface area contributed by atoms with Gasteiger partial charge in [-0.15, -0.1) is 0 Å². The Kier molecular flexibility index (Phi) is 4.19. The van der Waals surface area contributed by atoms with Crippen LogP contribution in [0.15, 0.2) is 17.0 Å². The molecule has 8 heteroatoms. The van der Waals surface area contributed by atoms with Crippen molar-refractivity contribution >= 4 is 27.6 Å². The highest BCUT2D eigenvalue weighted by atomic mass is 35.5. The van der Waals surface area contributed by atoms with Gasteiger partial charge in [0.15, 0.2) is 0 Å². The van der Waals surface area contributed by atoms with Gasteiger partial charge in [-0.1, -0.05) is 11.6 Å². The number of aliphatic carboxylic acids is 1. The van der Waals surface area contributed by atoms with E-state index in [0.717, 1.165) is 4.31 Å². The summed E-state index contributed by atoms with van der Waals surface area (Å²) in [6, 6.07) is 1.61. The summed E-state index contributed by atoms with van der Waals surface area (Å²) in [5.41, 5.74) is 0.713. The average Bonchev–Trinajstić information content (AvgIpc) is 2.77. The third-order valence-corrected chi connectivity index (χ3v) is 5.69. The molecule has 0 fully saturated rings. The Bertz CT molecular complexity index is 688. The predicted octanol–water partition coefficient (Wildman–Crippen LogP) is 1.76. The van der Waals surface area contributed by atoms with Crippen LogP contribution in [-0.4, -0.2) is 43.0 Å². The molecule has 0 amide bonds. The molecular weight excluding hydrogens is 318 g/mol. The predicted molar refractivity (Wildman–Crippen MR) is 77.3 cm³/mol. The number of hydrogen-bond acceptors (Lipinski definition) is 4. The highest BCUT2D eigenvalue weighted by Crippen LogP contribution is 2.38. The Morgan fingerprint density at radius 2 is 2.14 bits per heavy atom. The molecule has 2 unspecified atom stereocenters. The number of likely N-dealkylation sites (N-methyl/N-ethyl adjacent to an activating group) is 1. The van der Waals surface area contributed by atoms with E-state index in [1.165, 1.54) is 26.1 Å². The lowest BCUT2D eigenvalue weighted by Gasteiger charge is -2.21. The molecule has 2 atom stereocenters. The molecule has 6 nitrogen and oxygen atoms in total. The fourth-order valence-electron chi connectivity index (χ4n) is 2.14. The second-order valence-corrected chi connectivity index (χ2v) is 7.47. The van der Waals surface area contributed by atoms with Gasteiger partial charge in [0.05, 0.1) is 9.92 Å². The zero-order chi connectivity index (χ0) is 15.9. The summed E-state index contributed by atoms with van der Waals surface area (Å²) in [5, 5.41) is 9.17. The molecule has 1 aromatic carbocycles. The van der Waals surface area contributed by atoms with Gasteiger partial charge in [0.25, 0.3) is 0 Å². The molecule has 1 aromatic rings. The number of ether oxygens (including phenoxy) is 1. The van der Waals surface area contributed by atoms with Crippen LogP contribution in [0.3, 0.4) is 0 Å². The van der Waals surface area contributed by atoms with E-state index in [-0.39, 0.29) is 16.0 Å². The minimum Gasteiger partial charge on any atom is -0.489 e. The lowest BCUT2D eigenvalue weighted by Crippen LogP contribution is -2.40. The van der Waals surface area contributed by atoms with Gasteiger partial charge < -0.3 is 9.84 Å². The molecule has 0 spiro atoms. The maximum absolute atomic E-state index is 12.5. The van der Waals surface area contributed by atoms with Crippen molar-refractivity contribution in [2.75, 3.05) is 7.05 Å². The van der Waals surface area contributed by atoms with E-state index in [2.05, 4.69) is 0 Å². The molecule has 0 aromatic heterocycles. The van der Waals surface area contributed by atoms with E-state index in [0.29, 0.717) is 17.7 Å². The molecule has 116 valence electrons. The Hall–Kier alpha value is -1.31. The van der Waals surface area contributed by atoms with Gasteiger partial charge in [0.1, 0.15) is 17.9 Å². The molecule has 1 heterocycles. The maximum atomic E-state index is 12.5. The summed E-state index contributed by atoms with van der Waals surface area (Å²) in [6.45, 7) is 3.17. The van der Waals surface area contributed by atoms with Crippen molar-refractivity contribution in [2.45, 2.75) is 37.3 Å². The topological polar surface area (TPSA) is 83.9 Å². The van der Waals surface area contributed by atoms with Crippen LogP contribution in [0.2, 0.25) is 5.02 Å². The number of rotatable bonds is 4. The molecule has 2 rings (SSSR count). The maximum Gasteiger partial charge on any atom is 0.321 e. The summed E-state index contributed by atoms with van der Waals surface area (Å²) in [7, 11) is -2.70. The summed E-state index contributed by atoms with van der Waals surface area (Å²) in [5.74, 6) is -0.720. The smallest absolute Gasteiger partial charge is 0.321 e. The van der Waals surface area contributed by atoms with Gasteiger partial charge in [-0.25, -0.2) is 8.42 Å². The molecule has 0 radical (unpaired) electrons. The van der Waals surface area contributed by atoms with Crippen LogP contribution < -0.4 is 4.74 Å². The highest BCUT2D eigenvalue weighted by molar-refractivity contribution is 7.89. The highest BCUT2D eigenvalue weighted by Gasteiger charge is 2.32. The van der Waals surface area contributed by atoms with Crippen molar-refractivity contribution < 1.29 is 23.1 Å². The summed E-state index contributed by atoms with van der Waals surface area (Å²) in [4.78, 5) is 10.9. The Morgan fingerprint density at radius 1 is 1.52 bits per heavy atom. The van der Waals surface area contributed by atoms with E-state index in [9.17, 15) is 13.2 Å². The van der Waals surface area contributed by atoms with Crippen LogP contribution >= 0.6 is 11.6 Å². The first-order valence-corrected chi connectivity index (χ1v) is 8.16. The quantitative estimate of drug-likeness (QED) is 0.907. The molecule has 21 heavy (non-hydrogen) atoms. The Morgan fingerprint density at radius 3 is 2.71 bits per heavy atom. The average molecular weight is 334 g/mol. The number of carboxylic acid groups (broad SMARTS) is 1. The molecule has 1 aliphatic heterocycles. The fraction of sp³-hybridized carbons (Fsp3) is 0.462. The number of halogens is 1. The summed E-state index contributed by atoms with van der Waals surface area (Å²) >= 11 is 6.07. The standard InChI is InChI=1S/C13H16ClNO5S/c1-7-4-9-5-10(6-11(14)12(9)20-7)21(18,19)15(3)8(2)13(16)17/h5-8H,4H2,1-3H3,(H,16,17). The Balaban J connectivity index is 2.45. The first-order chi connectivity index (χ1) is 9.64. The molecular formula is C13H16ClNO5S. The van der Waals surface area contributed by atoms with E-state index < -0.39 is 22.0 Å². The SMILES string of the molecule is CC1Cc2cc(S(=O)(=O)N(C)C(C)C(=O)O)cc(Cl)c2O1. The third-order valence-electron chi connectivity index (χ3n) is 3.50. The monoisotopic (exact) mass is 333 g/mol. The second kappa shape index (κ2) is 5.47. The minimum atomic E-state index is -3.93. The first kappa shape index (κ1) is 16.1. The van der Waals surface area contributed by atoms with E-state index in [1.54, 1.807) is 0 Å². The van der Waals surface area contributed by atoms with Crippen LogP contribution in [0, 0.1) is 0 Å². The largest absolute Gasteiger partial charge is 0.489 e. The van der Waals surface area contributed by atoms with Crippen LogP contribution in [-0.2, 0) is 21.2 Å². The molecule has 1 N–H and O–H groups in total. The summed E-state index contributed by atoms with van der Waals surface area (Å²) in [6.07, 6.45) is 0.502. The zero-order valence-electron chi connectivity index (χ0n) is 11.8. The van der Waals surface area contributed by atoms with Gasteiger partial charge in [0, 0.05) is 19.0 Å². The Labute approximate surface area is 128 Å². The van der Waals surface area contributed by atoms with Crippen LogP contribution in [0.4, 0.5) is 0 Å². The molecule has 0 aliphatic carbocycles. The number of hydrogen-bond donors (Lipinski definition) is 1. The molecule has 0 saturated carbocycles. The number of sulfonamides is 1.